The summed E-state index contributed by atoms with van der Waals surface area (Å²) in [6.07, 6.45) is 1.85. The second-order valence-electron chi connectivity index (χ2n) is 4.33. The van der Waals surface area contributed by atoms with Crippen molar-refractivity contribution >= 4 is 5.82 Å². The first-order valence-corrected chi connectivity index (χ1v) is 6.07. The molecule has 1 aromatic rings. The first-order chi connectivity index (χ1) is 8.10. The van der Waals surface area contributed by atoms with Gasteiger partial charge in [0.15, 0.2) is 0 Å². The highest BCUT2D eigenvalue weighted by Crippen LogP contribution is 2.16. The molecule has 0 fully saturated rings. The van der Waals surface area contributed by atoms with Crippen LogP contribution in [-0.2, 0) is 4.74 Å². The van der Waals surface area contributed by atoms with Gasteiger partial charge in [-0.25, -0.2) is 4.98 Å². The van der Waals surface area contributed by atoms with E-state index in [4.69, 9.17) is 10.5 Å². The van der Waals surface area contributed by atoms with Crippen LogP contribution in [0.5, 0.6) is 0 Å². The first-order valence-electron chi connectivity index (χ1n) is 6.07. The second kappa shape index (κ2) is 6.57. The zero-order valence-electron chi connectivity index (χ0n) is 11.2. The summed E-state index contributed by atoms with van der Waals surface area (Å²) < 4.78 is 5.18. The van der Waals surface area contributed by atoms with Crippen LogP contribution in [0.2, 0.25) is 0 Å². The molecule has 1 aromatic heterocycles. The van der Waals surface area contributed by atoms with Crippen LogP contribution in [0.1, 0.15) is 32.4 Å². The van der Waals surface area contributed by atoms with Crippen molar-refractivity contribution in [3.05, 3.63) is 23.9 Å². The molecule has 0 saturated heterocycles. The molecule has 0 radical (unpaired) electrons. The number of rotatable bonds is 6. The zero-order valence-corrected chi connectivity index (χ0v) is 11.2. The zero-order chi connectivity index (χ0) is 12.8. The quantitative estimate of drug-likeness (QED) is 0.821. The summed E-state index contributed by atoms with van der Waals surface area (Å²) in [7, 11) is 1.72. The van der Waals surface area contributed by atoms with Crippen LogP contribution in [0.25, 0.3) is 0 Å². The number of nitrogens with zero attached hydrogens (tertiary/aromatic N) is 2. The highest BCUT2D eigenvalue weighted by molar-refractivity contribution is 5.40. The van der Waals surface area contributed by atoms with Crippen LogP contribution in [0.3, 0.4) is 0 Å². The molecule has 2 unspecified atom stereocenters. The summed E-state index contributed by atoms with van der Waals surface area (Å²) in [5.74, 6) is 0.974. The van der Waals surface area contributed by atoms with E-state index >= 15 is 0 Å². The summed E-state index contributed by atoms with van der Waals surface area (Å²) in [6, 6.07) is 4.41. The highest BCUT2D eigenvalue weighted by Gasteiger charge is 2.13. The molecule has 0 aliphatic heterocycles. The van der Waals surface area contributed by atoms with E-state index in [9.17, 15) is 0 Å². The lowest BCUT2D eigenvalue weighted by Crippen LogP contribution is -2.36. The third-order valence-electron chi connectivity index (χ3n) is 2.87. The van der Waals surface area contributed by atoms with Gasteiger partial charge in [-0.15, -0.1) is 0 Å². The number of ether oxygens (including phenoxy) is 1. The van der Waals surface area contributed by atoms with Gasteiger partial charge in [0.25, 0.3) is 0 Å². The summed E-state index contributed by atoms with van der Waals surface area (Å²) in [4.78, 5) is 6.68. The third-order valence-corrected chi connectivity index (χ3v) is 2.87. The van der Waals surface area contributed by atoms with Gasteiger partial charge in [-0.3, -0.25) is 0 Å². The Kier molecular flexibility index (Phi) is 5.38. The molecule has 4 heteroatoms. The largest absolute Gasteiger partial charge is 0.383 e. The Labute approximate surface area is 104 Å². The van der Waals surface area contributed by atoms with Crippen molar-refractivity contribution in [1.29, 1.82) is 0 Å². The van der Waals surface area contributed by atoms with Crippen LogP contribution in [-0.4, -0.2) is 31.3 Å². The molecular formula is C13H23N3O. The Morgan fingerprint density at radius 1 is 1.41 bits per heavy atom. The van der Waals surface area contributed by atoms with E-state index in [1.165, 1.54) is 0 Å². The minimum atomic E-state index is 0.0306. The molecule has 0 saturated carbocycles. The van der Waals surface area contributed by atoms with E-state index in [1.54, 1.807) is 7.11 Å². The number of nitrogens with two attached hydrogens (primary N) is 1. The van der Waals surface area contributed by atoms with Gasteiger partial charge < -0.3 is 15.4 Å². The lowest BCUT2D eigenvalue weighted by molar-refractivity contribution is 0.181. The van der Waals surface area contributed by atoms with Crippen molar-refractivity contribution in [2.45, 2.75) is 32.9 Å². The van der Waals surface area contributed by atoms with Gasteiger partial charge in [0, 0.05) is 25.9 Å². The molecule has 0 aliphatic rings. The third kappa shape index (κ3) is 3.68. The van der Waals surface area contributed by atoms with E-state index in [-0.39, 0.29) is 6.04 Å². The molecule has 0 aliphatic carbocycles. The van der Waals surface area contributed by atoms with Crippen LogP contribution in [0, 0.1) is 0 Å². The Morgan fingerprint density at radius 3 is 2.53 bits per heavy atom. The maximum Gasteiger partial charge on any atom is 0.128 e. The average molecular weight is 237 g/mol. The fourth-order valence-corrected chi connectivity index (χ4v) is 1.87. The summed E-state index contributed by atoms with van der Waals surface area (Å²) in [6.45, 7) is 7.82. The SMILES string of the molecule is CCN(c1ccc(C(C)N)cn1)C(C)COC. The van der Waals surface area contributed by atoms with Crippen LogP contribution < -0.4 is 10.6 Å². The number of hydrogen-bond donors (Lipinski definition) is 1. The molecule has 4 nitrogen and oxygen atoms in total. The topological polar surface area (TPSA) is 51.4 Å². The van der Waals surface area contributed by atoms with E-state index in [0.29, 0.717) is 12.6 Å². The van der Waals surface area contributed by atoms with Gasteiger partial charge in [-0.05, 0) is 32.4 Å². The number of pyridine rings is 1. The molecule has 1 rings (SSSR count). The predicted molar refractivity (Wildman–Crippen MR) is 71.2 cm³/mol. The van der Waals surface area contributed by atoms with Crippen molar-refractivity contribution in [2.24, 2.45) is 5.73 Å². The molecule has 0 amide bonds. The van der Waals surface area contributed by atoms with Crippen molar-refractivity contribution in [3.63, 3.8) is 0 Å². The molecule has 2 N–H and O–H groups in total. The lowest BCUT2D eigenvalue weighted by Gasteiger charge is -2.28. The molecule has 1 heterocycles. The molecular weight excluding hydrogens is 214 g/mol. The van der Waals surface area contributed by atoms with Gasteiger partial charge in [-0.1, -0.05) is 6.07 Å². The number of hydrogen-bond acceptors (Lipinski definition) is 4. The average Bonchev–Trinajstić information content (AvgIpc) is 2.31. The summed E-state index contributed by atoms with van der Waals surface area (Å²) in [5.41, 5.74) is 6.87. The van der Waals surface area contributed by atoms with Gasteiger partial charge in [0.2, 0.25) is 0 Å². The minimum Gasteiger partial charge on any atom is -0.383 e. The number of methoxy groups -OCH3 is 1. The van der Waals surface area contributed by atoms with Crippen molar-refractivity contribution in [2.75, 3.05) is 25.2 Å². The fourth-order valence-electron chi connectivity index (χ4n) is 1.87. The predicted octanol–water partition coefficient (Wildman–Crippen LogP) is 1.96. The van der Waals surface area contributed by atoms with Crippen LogP contribution in [0.15, 0.2) is 18.3 Å². The maximum atomic E-state index is 5.81. The Hall–Kier alpha value is -1.13. The van der Waals surface area contributed by atoms with E-state index < -0.39 is 0 Å². The van der Waals surface area contributed by atoms with Gasteiger partial charge in [0.1, 0.15) is 5.82 Å². The standard InChI is InChI=1S/C13H23N3O/c1-5-16(10(2)9-17-4)13-7-6-12(8-15-13)11(3)14/h6-8,10-11H,5,9,14H2,1-4H3. The van der Waals surface area contributed by atoms with Crippen LogP contribution >= 0.6 is 0 Å². The monoisotopic (exact) mass is 237 g/mol. The molecule has 17 heavy (non-hydrogen) atoms. The molecule has 0 bridgehead atoms. The smallest absolute Gasteiger partial charge is 0.128 e. The van der Waals surface area contributed by atoms with Crippen molar-refractivity contribution in [1.82, 2.24) is 4.98 Å². The van der Waals surface area contributed by atoms with Crippen molar-refractivity contribution in [3.8, 4) is 0 Å². The normalized spacial score (nSPS) is 14.4. The second-order valence-corrected chi connectivity index (χ2v) is 4.33. The van der Waals surface area contributed by atoms with E-state index in [2.05, 4.69) is 23.7 Å². The molecule has 0 aromatic carbocycles. The highest BCUT2D eigenvalue weighted by atomic mass is 16.5. The number of anilines is 1. The molecule has 2 atom stereocenters. The van der Waals surface area contributed by atoms with E-state index in [0.717, 1.165) is 17.9 Å². The Morgan fingerprint density at radius 2 is 2.12 bits per heavy atom. The Balaban J connectivity index is 2.82. The van der Waals surface area contributed by atoms with Gasteiger partial charge >= 0.3 is 0 Å². The summed E-state index contributed by atoms with van der Waals surface area (Å²) >= 11 is 0. The van der Waals surface area contributed by atoms with Crippen molar-refractivity contribution < 1.29 is 4.74 Å². The number of aromatic nitrogens is 1. The fraction of sp³-hybridized carbons (Fsp3) is 0.615. The Bertz CT molecular complexity index is 324. The lowest BCUT2D eigenvalue weighted by atomic mass is 10.1. The van der Waals surface area contributed by atoms with E-state index in [1.807, 2.05) is 25.3 Å². The summed E-state index contributed by atoms with van der Waals surface area (Å²) in [5, 5.41) is 0. The maximum absolute atomic E-state index is 5.81. The molecule has 96 valence electrons. The number of likely N-dealkylation sites (N-methyl/N-ethyl adjacent to an activating group) is 1. The van der Waals surface area contributed by atoms with Gasteiger partial charge in [-0.2, -0.15) is 0 Å². The van der Waals surface area contributed by atoms with Crippen LogP contribution in [0.4, 0.5) is 5.82 Å². The van der Waals surface area contributed by atoms with Gasteiger partial charge in [0.05, 0.1) is 12.6 Å². The first kappa shape index (κ1) is 13.9. The minimum absolute atomic E-state index is 0.0306. The molecule has 0 spiro atoms.